The van der Waals surface area contributed by atoms with Crippen LogP contribution in [0.2, 0.25) is 0 Å². The van der Waals surface area contributed by atoms with E-state index >= 15 is 0 Å². The largest absolute Gasteiger partial charge is 0.370 e. The van der Waals surface area contributed by atoms with Gasteiger partial charge < -0.3 is 10.5 Å². The lowest BCUT2D eigenvalue weighted by atomic mass is 9.92. The van der Waals surface area contributed by atoms with Crippen LogP contribution in [-0.4, -0.2) is 60.7 Å². The molecular weight excluding hydrogens is 360 g/mol. The Morgan fingerprint density at radius 2 is 2.00 bits per heavy atom. The zero-order valence-electron chi connectivity index (χ0n) is 16.4. The maximum atomic E-state index is 14.2. The number of hydrogen-bond acceptors (Lipinski definition) is 4. The maximum absolute atomic E-state index is 14.2. The van der Waals surface area contributed by atoms with Crippen LogP contribution in [0.4, 0.5) is 8.78 Å². The molecule has 4 fully saturated rings. The predicted octanol–water partition coefficient (Wildman–Crippen LogP) is 2.93. The van der Waals surface area contributed by atoms with E-state index in [9.17, 15) is 8.78 Å². The van der Waals surface area contributed by atoms with Gasteiger partial charge in [0.05, 0.1) is 6.61 Å². The number of fused-ring (bicyclic) bond motifs is 1. The van der Waals surface area contributed by atoms with Crippen molar-refractivity contribution in [3.05, 3.63) is 35.4 Å². The van der Waals surface area contributed by atoms with Gasteiger partial charge in [-0.05, 0) is 68.7 Å². The first-order valence-electron chi connectivity index (χ1n) is 10.9. The molecule has 3 saturated heterocycles. The van der Waals surface area contributed by atoms with Gasteiger partial charge in [0.25, 0.3) is 0 Å². The smallest absolute Gasteiger partial charge is 0.129 e. The molecule has 154 valence electrons. The van der Waals surface area contributed by atoms with Gasteiger partial charge in [0.15, 0.2) is 0 Å². The quantitative estimate of drug-likeness (QED) is 0.857. The summed E-state index contributed by atoms with van der Waals surface area (Å²) < 4.78 is 33.7. The summed E-state index contributed by atoms with van der Waals surface area (Å²) in [7, 11) is 0. The summed E-state index contributed by atoms with van der Waals surface area (Å²) >= 11 is 0. The topological polar surface area (TPSA) is 41.7 Å². The highest BCUT2D eigenvalue weighted by molar-refractivity contribution is 5.23. The van der Waals surface area contributed by atoms with Crippen LogP contribution in [0.5, 0.6) is 0 Å². The van der Waals surface area contributed by atoms with Gasteiger partial charge in [-0.2, -0.15) is 0 Å². The Bertz CT molecular complexity index is 713. The standard InChI is InChI=1S/C22H31F2N3O/c23-16-5-6-19(24)18(8-16)22-20(25)9-17(13-28-22)27-11-15-2-1-7-26(21(15)12-27)10-14-3-4-14/h5-6,8,14-15,17,20-22H,1-4,7,9-13,25H2. The van der Waals surface area contributed by atoms with Crippen molar-refractivity contribution in [2.24, 2.45) is 17.6 Å². The Hall–Kier alpha value is -1.08. The van der Waals surface area contributed by atoms with Gasteiger partial charge >= 0.3 is 0 Å². The molecule has 5 rings (SSSR count). The van der Waals surface area contributed by atoms with Crippen LogP contribution in [0.15, 0.2) is 18.2 Å². The first-order valence-corrected chi connectivity index (χ1v) is 10.9. The molecule has 6 heteroatoms. The summed E-state index contributed by atoms with van der Waals surface area (Å²) in [6, 6.07) is 4.14. The highest BCUT2D eigenvalue weighted by atomic mass is 19.1. The van der Waals surface area contributed by atoms with E-state index in [4.69, 9.17) is 10.5 Å². The number of hydrogen-bond donors (Lipinski definition) is 1. The fourth-order valence-electron chi connectivity index (χ4n) is 5.62. The van der Waals surface area contributed by atoms with Gasteiger partial charge in [0.1, 0.15) is 17.7 Å². The van der Waals surface area contributed by atoms with E-state index in [2.05, 4.69) is 9.80 Å². The SMILES string of the molecule is NC1CC(N2CC3CCCN(CC4CC4)C3C2)COC1c1cc(F)ccc1F. The van der Waals surface area contributed by atoms with Crippen molar-refractivity contribution in [3.63, 3.8) is 0 Å². The monoisotopic (exact) mass is 391 g/mol. The lowest BCUT2D eigenvalue weighted by Crippen LogP contribution is -2.50. The first kappa shape index (κ1) is 18.9. The maximum Gasteiger partial charge on any atom is 0.129 e. The first-order chi connectivity index (χ1) is 13.6. The predicted molar refractivity (Wildman–Crippen MR) is 104 cm³/mol. The third kappa shape index (κ3) is 3.72. The summed E-state index contributed by atoms with van der Waals surface area (Å²) in [6.45, 7) is 5.27. The minimum Gasteiger partial charge on any atom is -0.370 e. The number of ether oxygens (including phenoxy) is 1. The minimum absolute atomic E-state index is 0.247. The normalized spacial score (nSPS) is 37.2. The van der Waals surface area contributed by atoms with Crippen LogP contribution in [0.3, 0.4) is 0 Å². The molecule has 1 aromatic carbocycles. The van der Waals surface area contributed by atoms with E-state index < -0.39 is 17.7 Å². The molecule has 4 nitrogen and oxygen atoms in total. The Morgan fingerprint density at radius 1 is 1.14 bits per heavy atom. The summed E-state index contributed by atoms with van der Waals surface area (Å²) in [4.78, 5) is 5.29. The molecule has 1 saturated carbocycles. The minimum atomic E-state index is -0.566. The summed E-state index contributed by atoms with van der Waals surface area (Å²) in [5.41, 5.74) is 6.63. The average Bonchev–Trinajstić information content (AvgIpc) is 3.38. The lowest BCUT2D eigenvalue weighted by molar-refractivity contribution is -0.0483. The van der Waals surface area contributed by atoms with Crippen LogP contribution in [0.25, 0.3) is 0 Å². The molecule has 3 aliphatic heterocycles. The second-order valence-electron chi connectivity index (χ2n) is 9.34. The third-order valence-electron chi connectivity index (χ3n) is 7.30. The van der Waals surface area contributed by atoms with Crippen molar-refractivity contribution in [2.75, 3.05) is 32.8 Å². The zero-order valence-corrected chi connectivity index (χ0v) is 16.4. The Labute approximate surface area is 166 Å². The van der Waals surface area contributed by atoms with E-state index in [0.717, 1.165) is 43.5 Å². The van der Waals surface area contributed by atoms with Crippen LogP contribution in [-0.2, 0) is 4.74 Å². The van der Waals surface area contributed by atoms with Crippen LogP contribution in [0.1, 0.15) is 43.8 Å². The summed E-state index contributed by atoms with van der Waals surface area (Å²) in [6.07, 6.45) is 5.63. The Morgan fingerprint density at radius 3 is 2.79 bits per heavy atom. The van der Waals surface area contributed by atoms with Gasteiger partial charge in [-0.25, -0.2) is 8.78 Å². The van der Waals surface area contributed by atoms with Crippen molar-refractivity contribution in [1.82, 2.24) is 9.80 Å². The van der Waals surface area contributed by atoms with Gasteiger partial charge in [-0.15, -0.1) is 0 Å². The van der Waals surface area contributed by atoms with E-state index in [1.54, 1.807) is 0 Å². The molecule has 0 spiro atoms. The molecule has 0 amide bonds. The summed E-state index contributed by atoms with van der Waals surface area (Å²) in [5.74, 6) is 0.792. The van der Waals surface area contributed by atoms with Gasteiger partial charge in [0, 0.05) is 43.3 Å². The van der Waals surface area contributed by atoms with Crippen molar-refractivity contribution >= 4 is 0 Å². The highest BCUT2D eigenvalue weighted by Gasteiger charge is 2.44. The zero-order chi connectivity index (χ0) is 19.3. The van der Waals surface area contributed by atoms with Crippen LogP contribution < -0.4 is 5.73 Å². The van der Waals surface area contributed by atoms with Gasteiger partial charge in [-0.3, -0.25) is 9.80 Å². The highest BCUT2D eigenvalue weighted by Crippen LogP contribution is 2.38. The van der Waals surface area contributed by atoms with Crippen molar-refractivity contribution < 1.29 is 13.5 Å². The molecule has 1 aromatic rings. The average molecular weight is 392 g/mol. The van der Waals surface area contributed by atoms with Gasteiger partial charge in [0.2, 0.25) is 0 Å². The molecule has 5 unspecified atom stereocenters. The Kier molecular flexibility index (Phi) is 5.16. The fourth-order valence-corrected chi connectivity index (χ4v) is 5.62. The molecule has 5 atom stereocenters. The number of piperidine rings is 1. The molecule has 0 bridgehead atoms. The number of benzene rings is 1. The number of halogens is 2. The molecular formula is C22H31F2N3O. The van der Waals surface area contributed by atoms with Crippen LogP contribution in [0, 0.1) is 23.5 Å². The molecule has 0 aromatic heterocycles. The van der Waals surface area contributed by atoms with E-state index in [1.807, 2.05) is 0 Å². The number of rotatable bonds is 4. The molecule has 28 heavy (non-hydrogen) atoms. The third-order valence-corrected chi connectivity index (χ3v) is 7.30. The number of nitrogens with two attached hydrogens (primary N) is 1. The number of likely N-dealkylation sites (tertiary alicyclic amines) is 2. The number of nitrogens with zero attached hydrogens (tertiary/aromatic N) is 2. The molecule has 1 aliphatic carbocycles. The van der Waals surface area contributed by atoms with Crippen molar-refractivity contribution in [2.45, 2.75) is 56.3 Å². The second kappa shape index (κ2) is 7.63. The molecule has 3 heterocycles. The lowest BCUT2D eigenvalue weighted by Gasteiger charge is -2.39. The van der Waals surface area contributed by atoms with Crippen molar-refractivity contribution in [1.29, 1.82) is 0 Å². The van der Waals surface area contributed by atoms with E-state index in [1.165, 1.54) is 44.8 Å². The molecule has 0 radical (unpaired) electrons. The Balaban J connectivity index is 1.23. The fraction of sp³-hybridized carbons (Fsp3) is 0.727. The van der Waals surface area contributed by atoms with Gasteiger partial charge in [-0.1, -0.05) is 0 Å². The van der Waals surface area contributed by atoms with E-state index in [-0.39, 0.29) is 17.6 Å². The second-order valence-corrected chi connectivity index (χ2v) is 9.34. The molecule has 4 aliphatic rings. The molecule has 2 N–H and O–H groups in total. The van der Waals surface area contributed by atoms with Crippen molar-refractivity contribution in [3.8, 4) is 0 Å². The summed E-state index contributed by atoms with van der Waals surface area (Å²) in [5, 5.41) is 0. The van der Waals surface area contributed by atoms with E-state index in [0.29, 0.717) is 12.6 Å². The van der Waals surface area contributed by atoms with Crippen LogP contribution >= 0.6 is 0 Å².